The van der Waals surface area contributed by atoms with Gasteiger partial charge in [0.1, 0.15) is 0 Å². The van der Waals surface area contributed by atoms with Crippen LogP contribution in [0.3, 0.4) is 0 Å². The summed E-state index contributed by atoms with van der Waals surface area (Å²) in [4.78, 5) is 2.46. The molecule has 1 aliphatic heterocycles. The number of piperidine rings is 1. The molecule has 1 aliphatic carbocycles. The number of rotatable bonds is 4. The van der Waals surface area contributed by atoms with E-state index in [1.165, 1.54) is 25.2 Å². The van der Waals surface area contributed by atoms with E-state index in [0.29, 0.717) is 11.4 Å². The average molecular weight is 235 g/mol. The van der Waals surface area contributed by atoms with Gasteiger partial charge in [0.05, 0.1) is 0 Å². The molecule has 2 rings (SSSR count). The fourth-order valence-corrected chi connectivity index (χ4v) is 2.57. The largest absolute Gasteiger partial charge is 0.483 e. The number of hydrogen-bond donors (Lipinski definition) is 2. The van der Waals surface area contributed by atoms with Crippen molar-refractivity contribution in [3.63, 3.8) is 0 Å². The monoisotopic (exact) mass is 235 g/mol. The second kappa shape index (κ2) is 4.87. The molecule has 2 atom stereocenters. The van der Waals surface area contributed by atoms with E-state index in [1.807, 2.05) is 12.2 Å². The first-order valence-electron chi connectivity index (χ1n) is 6.48. The summed E-state index contributed by atoms with van der Waals surface area (Å²) in [5.41, 5.74) is 1.91. The van der Waals surface area contributed by atoms with Crippen LogP contribution >= 0.6 is 0 Å². The van der Waals surface area contributed by atoms with Gasteiger partial charge in [0, 0.05) is 18.8 Å². The molecular formula is C13H22BNO2. The highest BCUT2D eigenvalue weighted by atomic mass is 16.4. The predicted octanol–water partition coefficient (Wildman–Crippen LogP) is 1.44. The standard InChI is InChI=1S/C13H22BNO2/c1-9(2)13(5-4-10(3)14(16)17)15-7-11-6-12(11)8-15/h4-5,9,11-12,16-17H,6-8H2,1-3H3/b10-4+,13-5+. The van der Waals surface area contributed by atoms with Crippen LogP contribution in [0.25, 0.3) is 0 Å². The number of allylic oxidation sites excluding steroid dienone is 4. The number of likely N-dealkylation sites (tertiary alicyclic amines) is 1. The van der Waals surface area contributed by atoms with Crippen LogP contribution in [0, 0.1) is 17.8 Å². The molecular weight excluding hydrogens is 213 g/mol. The van der Waals surface area contributed by atoms with Crippen molar-refractivity contribution in [2.75, 3.05) is 13.1 Å². The Labute approximate surface area is 104 Å². The minimum absolute atomic E-state index is 0.479. The zero-order valence-electron chi connectivity index (χ0n) is 10.9. The van der Waals surface area contributed by atoms with Gasteiger partial charge in [0.2, 0.25) is 0 Å². The maximum absolute atomic E-state index is 9.03. The van der Waals surface area contributed by atoms with Crippen LogP contribution in [0.15, 0.2) is 23.3 Å². The number of nitrogens with zero attached hydrogens (tertiary/aromatic N) is 1. The van der Waals surface area contributed by atoms with Crippen molar-refractivity contribution in [3.05, 3.63) is 23.3 Å². The Balaban J connectivity index is 2.06. The van der Waals surface area contributed by atoms with Gasteiger partial charge < -0.3 is 14.9 Å². The van der Waals surface area contributed by atoms with Gasteiger partial charge in [0.25, 0.3) is 0 Å². The van der Waals surface area contributed by atoms with Crippen molar-refractivity contribution in [2.24, 2.45) is 17.8 Å². The maximum atomic E-state index is 9.03. The van der Waals surface area contributed by atoms with Crippen molar-refractivity contribution in [2.45, 2.75) is 27.2 Å². The summed E-state index contributed by atoms with van der Waals surface area (Å²) in [7, 11) is -1.34. The molecule has 17 heavy (non-hydrogen) atoms. The SMILES string of the molecule is C/C(=C\C=C(/C(C)C)N1CC2CC2C1)B(O)O. The summed E-state index contributed by atoms with van der Waals surface area (Å²) < 4.78 is 0. The molecule has 2 N–H and O–H groups in total. The van der Waals surface area contributed by atoms with E-state index in [4.69, 9.17) is 10.0 Å². The van der Waals surface area contributed by atoms with E-state index >= 15 is 0 Å². The van der Waals surface area contributed by atoms with E-state index in [9.17, 15) is 0 Å². The fourth-order valence-electron chi connectivity index (χ4n) is 2.57. The third kappa shape index (κ3) is 2.93. The first-order valence-corrected chi connectivity index (χ1v) is 6.48. The maximum Gasteiger partial charge on any atom is 0.483 e. The first kappa shape index (κ1) is 12.7. The van der Waals surface area contributed by atoms with Gasteiger partial charge in [0.15, 0.2) is 0 Å². The summed E-state index contributed by atoms with van der Waals surface area (Å²) >= 11 is 0. The zero-order chi connectivity index (χ0) is 12.6. The van der Waals surface area contributed by atoms with Crippen molar-refractivity contribution >= 4 is 7.12 Å². The molecule has 3 nitrogen and oxygen atoms in total. The van der Waals surface area contributed by atoms with Gasteiger partial charge in [-0.05, 0) is 42.6 Å². The summed E-state index contributed by atoms with van der Waals surface area (Å²) in [6.45, 7) is 8.48. The van der Waals surface area contributed by atoms with Gasteiger partial charge in [-0.3, -0.25) is 0 Å². The average Bonchev–Trinajstić information content (AvgIpc) is 2.85. The van der Waals surface area contributed by atoms with Crippen molar-refractivity contribution in [1.29, 1.82) is 0 Å². The molecule has 2 unspecified atom stereocenters. The molecule has 0 spiro atoms. The predicted molar refractivity (Wildman–Crippen MR) is 70.0 cm³/mol. The molecule has 0 aromatic heterocycles. The normalized spacial score (nSPS) is 28.7. The van der Waals surface area contributed by atoms with Gasteiger partial charge in [-0.1, -0.05) is 19.9 Å². The molecule has 2 fully saturated rings. The number of hydrogen-bond acceptors (Lipinski definition) is 3. The van der Waals surface area contributed by atoms with E-state index in [-0.39, 0.29) is 0 Å². The van der Waals surface area contributed by atoms with Crippen LogP contribution in [0.2, 0.25) is 0 Å². The molecule has 0 bridgehead atoms. The topological polar surface area (TPSA) is 43.7 Å². The lowest BCUT2D eigenvalue weighted by atomic mass is 9.80. The Kier molecular flexibility index (Phi) is 3.64. The van der Waals surface area contributed by atoms with Crippen molar-refractivity contribution < 1.29 is 10.0 Å². The second-order valence-corrected chi connectivity index (χ2v) is 5.69. The second-order valence-electron chi connectivity index (χ2n) is 5.69. The summed E-state index contributed by atoms with van der Waals surface area (Å²) in [5.74, 6) is 2.32. The quantitative estimate of drug-likeness (QED) is 0.572. The molecule has 4 heteroatoms. The summed E-state index contributed by atoms with van der Waals surface area (Å²) in [6, 6.07) is 0. The Morgan fingerprint density at radius 2 is 1.82 bits per heavy atom. The van der Waals surface area contributed by atoms with E-state index < -0.39 is 7.12 Å². The molecule has 2 aliphatic rings. The van der Waals surface area contributed by atoms with Crippen LogP contribution in [0.4, 0.5) is 0 Å². The van der Waals surface area contributed by atoms with Crippen LogP contribution in [0.5, 0.6) is 0 Å². The molecule has 0 amide bonds. The minimum Gasteiger partial charge on any atom is -0.423 e. The molecule has 0 radical (unpaired) electrons. The highest BCUT2D eigenvalue weighted by Crippen LogP contribution is 2.46. The van der Waals surface area contributed by atoms with Gasteiger partial charge in [-0.2, -0.15) is 0 Å². The Hall–Kier alpha value is -0.735. The summed E-state index contributed by atoms with van der Waals surface area (Å²) in [6.07, 6.45) is 5.28. The smallest absolute Gasteiger partial charge is 0.423 e. The van der Waals surface area contributed by atoms with Crippen molar-refractivity contribution in [1.82, 2.24) is 4.90 Å². The van der Waals surface area contributed by atoms with Crippen LogP contribution in [-0.4, -0.2) is 35.2 Å². The molecule has 0 aromatic carbocycles. The molecule has 1 saturated carbocycles. The lowest BCUT2D eigenvalue weighted by Gasteiger charge is -2.26. The first-order chi connectivity index (χ1) is 7.99. The van der Waals surface area contributed by atoms with Crippen LogP contribution in [0.1, 0.15) is 27.2 Å². The van der Waals surface area contributed by atoms with Crippen LogP contribution in [-0.2, 0) is 0 Å². The Morgan fingerprint density at radius 1 is 1.24 bits per heavy atom. The van der Waals surface area contributed by atoms with E-state index in [0.717, 1.165) is 11.8 Å². The Bertz CT molecular complexity index is 339. The molecule has 1 saturated heterocycles. The zero-order valence-corrected chi connectivity index (χ0v) is 10.9. The van der Waals surface area contributed by atoms with Gasteiger partial charge in [-0.25, -0.2) is 0 Å². The Morgan fingerprint density at radius 3 is 2.29 bits per heavy atom. The van der Waals surface area contributed by atoms with Crippen molar-refractivity contribution in [3.8, 4) is 0 Å². The minimum atomic E-state index is -1.34. The van der Waals surface area contributed by atoms with Crippen LogP contribution < -0.4 is 0 Å². The third-order valence-corrected chi connectivity index (χ3v) is 3.86. The fraction of sp³-hybridized carbons (Fsp3) is 0.692. The highest BCUT2D eigenvalue weighted by molar-refractivity contribution is 6.50. The van der Waals surface area contributed by atoms with Gasteiger partial charge >= 0.3 is 7.12 Å². The molecule has 1 heterocycles. The molecule has 94 valence electrons. The summed E-state index contributed by atoms with van der Waals surface area (Å²) in [5, 5.41) is 18.1. The lowest BCUT2D eigenvalue weighted by molar-refractivity contribution is 0.344. The van der Waals surface area contributed by atoms with Gasteiger partial charge in [-0.15, -0.1) is 0 Å². The number of fused-ring (bicyclic) bond motifs is 1. The third-order valence-electron chi connectivity index (χ3n) is 3.86. The molecule has 0 aromatic rings. The highest BCUT2D eigenvalue weighted by Gasteiger charge is 2.45. The van der Waals surface area contributed by atoms with E-state index in [2.05, 4.69) is 18.7 Å². The van der Waals surface area contributed by atoms with E-state index in [1.54, 1.807) is 6.92 Å². The lowest BCUT2D eigenvalue weighted by Crippen LogP contribution is -2.25.